The molecule has 0 heterocycles. The van der Waals surface area contributed by atoms with Crippen LogP contribution in [0.25, 0.3) is 0 Å². The number of hydrogen-bond donors (Lipinski definition) is 4. The molecule has 0 aliphatic carbocycles. The summed E-state index contributed by atoms with van der Waals surface area (Å²) >= 11 is 0. The van der Waals surface area contributed by atoms with Crippen LogP contribution in [0.3, 0.4) is 0 Å². The number of carbonyl (C=O) groups excluding carboxylic acids is 2. The van der Waals surface area contributed by atoms with Gasteiger partial charge >= 0.3 is 12.0 Å². The van der Waals surface area contributed by atoms with Crippen molar-refractivity contribution in [2.75, 3.05) is 11.6 Å². The van der Waals surface area contributed by atoms with Crippen LogP contribution < -0.4 is 16.0 Å². The first kappa shape index (κ1) is 24.6. The normalized spacial score (nSPS) is 14.6. The number of urea groups is 1. The summed E-state index contributed by atoms with van der Waals surface area (Å²) in [5.74, 6) is -1.58. The van der Waals surface area contributed by atoms with Gasteiger partial charge in [0.2, 0.25) is 5.91 Å². The molecule has 8 nitrogen and oxygen atoms in total. The molecule has 0 aliphatic rings. The fourth-order valence-corrected chi connectivity index (χ4v) is 3.17. The van der Waals surface area contributed by atoms with Crippen molar-refractivity contribution in [1.82, 2.24) is 10.6 Å². The number of carboxylic acids is 1. The first-order valence-electron chi connectivity index (χ1n) is 9.35. The van der Waals surface area contributed by atoms with Crippen molar-refractivity contribution in [2.24, 2.45) is 11.3 Å². The molecule has 2 unspecified atom stereocenters. The largest absolute Gasteiger partial charge is 0.480 e. The second-order valence-electron chi connectivity index (χ2n) is 8.40. The summed E-state index contributed by atoms with van der Waals surface area (Å²) in [6, 6.07) is 3.97. The van der Waals surface area contributed by atoms with E-state index in [0.717, 1.165) is 0 Å². The first-order chi connectivity index (χ1) is 13.3. The molecule has 0 bridgehead atoms. The van der Waals surface area contributed by atoms with Gasteiger partial charge in [0.25, 0.3) is 0 Å². The number of rotatable bonds is 8. The Morgan fingerprint density at radius 1 is 1.07 bits per heavy atom. The van der Waals surface area contributed by atoms with Crippen LogP contribution in [0.5, 0.6) is 0 Å². The van der Waals surface area contributed by atoms with Gasteiger partial charge in [-0.2, -0.15) is 0 Å². The van der Waals surface area contributed by atoms with E-state index in [1.54, 1.807) is 51.3 Å². The van der Waals surface area contributed by atoms with Crippen LogP contribution in [0.2, 0.25) is 0 Å². The van der Waals surface area contributed by atoms with Gasteiger partial charge in [0.15, 0.2) is 0 Å². The lowest BCUT2D eigenvalue weighted by atomic mass is 9.86. The SMILES string of the molecule is CC(C)C[C@H](NC(=O)Nc1ccc(S(C)=O)cc1)C(=O)NC(C(=O)O)C(C)(C)C. The Morgan fingerprint density at radius 3 is 2.03 bits per heavy atom. The third-order valence-electron chi connectivity index (χ3n) is 4.17. The van der Waals surface area contributed by atoms with E-state index in [2.05, 4.69) is 16.0 Å². The van der Waals surface area contributed by atoms with Gasteiger partial charge in [0, 0.05) is 27.6 Å². The molecule has 3 atom stereocenters. The highest BCUT2D eigenvalue weighted by atomic mass is 32.2. The molecule has 0 aromatic heterocycles. The molecule has 162 valence electrons. The van der Waals surface area contributed by atoms with Gasteiger partial charge in [-0.15, -0.1) is 0 Å². The molecule has 0 saturated carbocycles. The van der Waals surface area contributed by atoms with Crippen molar-refractivity contribution in [3.05, 3.63) is 24.3 Å². The maximum Gasteiger partial charge on any atom is 0.326 e. The fraction of sp³-hybridized carbons (Fsp3) is 0.550. The maximum atomic E-state index is 12.7. The fourth-order valence-electron chi connectivity index (χ4n) is 2.65. The van der Waals surface area contributed by atoms with Crippen LogP contribution in [0.15, 0.2) is 29.2 Å². The van der Waals surface area contributed by atoms with Gasteiger partial charge < -0.3 is 21.1 Å². The van der Waals surface area contributed by atoms with Crippen molar-refractivity contribution in [3.8, 4) is 0 Å². The molecule has 1 aromatic rings. The standard InChI is InChI=1S/C20H31N3O5S/c1-12(2)11-15(17(24)23-16(18(25)26)20(3,4)5)22-19(27)21-13-7-9-14(10-8-13)29(6)28/h7-10,12,15-16H,11H2,1-6H3,(H,23,24)(H,25,26)(H2,21,22,27)/t15-,16?,29?/m0/s1. The molecule has 0 saturated heterocycles. The van der Waals surface area contributed by atoms with Crippen molar-refractivity contribution in [3.63, 3.8) is 0 Å². The van der Waals surface area contributed by atoms with Crippen molar-refractivity contribution in [2.45, 2.75) is 58.0 Å². The summed E-state index contributed by atoms with van der Waals surface area (Å²) in [6.45, 7) is 8.97. The second kappa shape index (κ2) is 10.4. The third-order valence-corrected chi connectivity index (χ3v) is 5.11. The van der Waals surface area contributed by atoms with E-state index in [-0.39, 0.29) is 5.92 Å². The summed E-state index contributed by atoms with van der Waals surface area (Å²) in [5.41, 5.74) is -0.203. The average Bonchev–Trinajstić information content (AvgIpc) is 2.57. The van der Waals surface area contributed by atoms with E-state index < -0.39 is 46.2 Å². The predicted octanol–water partition coefficient (Wildman–Crippen LogP) is 2.58. The van der Waals surface area contributed by atoms with Gasteiger partial charge in [-0.05, 0) is 42.0 Å². The molecular weight excluding hydrogens is 394 g/mol. The van der Waals surface area contributed by atoms with Crippen LogP contribution in [0, 0.1) is 11.3 Å². The number of amides is 3. The van der Waals surface area contributed by atoms with Crippen LogP contribution >= 0.6 is 0 Å². The second-order valence-corrected chi connectivity index (χ2v) is 9.78. The highest BCUT2D eigenvalue weighted by molar-refractivity contribution is 7.84. The summed E-state index contributed by atoms with van der Waals surface area (Å²) in [7, 11) is -1.12. The topological polar surface area (TPSA) is 125 Å². The minimum Gasteiger partial charge on any atom is -0.480 e. The van der Waals surface area contributed by atoms with Crippen LogP contribution in [-0.2, 0) is 20.4 Å². The molecule has 29 heavy (non-hydrogen) atoms. The molecule has 1 aromatic carbocycles. The highest BCUT2D eigenvalue weighted by Crippen LogP contribution is 2.20. The summed E-state index contributed by atoms with van der Waals surface area (Å²) in [6.07, 6.45) is 1.91. The summed E-state index contributed by atoms with van der Waals surface area (Å²) < 4.78 is 11.4. The molecule has 0 fully saturated rings. The summed E-state index contributed by atoms with van der Waals surface area (Å²) in [4.78, 5) is 37.2. The molecule has 1 rings (SSSR count). The zero-order chi connectivity index (χ0) is 22.4. The van der Waals surface area contributed by atoms with Gasteiger partial charge in [0.05, 0.1) is 0 Å². The number of carbonyl (C=O) groups is 3. The van der Waals surface area contributed by atoms with Crippen molar-refractivity contribution in [1.29, 1.82) is 0 Å². The van der Waals surface area contributed by atoms with Crippen LogP contribution in [-0.4, -0.2) is 45.6 Å². The van der Waals surface area contributed by atoms with Gasteiger partial charge in [-0.3, -0.25) is 9.00 Å². The number of aliphatic carboxylic acids is 1. The monoisotopic (exact) mass is 425 g/mol. The molecule has 0 radical (unpaired) electrons. The minimum atomic E-state index is -1.13. The van der Waals surface area contributed by atoms with E-state index in [1.165, 1.54) is 0 Å². The quantitative estimate of drug-likeness (QED) is 0.509. The smallest absolute Gasteiger partial charge is 0.326 e. The van der Waals surface area contributed by atoms with Gasteiger partial charge in [-0.1, -0.05) is 34.6 Å². The Bertz CT molecular complexity index is 756. The Morgan fingerprint density at radius 2 is 1.62 bits per heavy atom. The molecule has 9 heteroatoms. The zero-order valence-corrected chi connectivity index (χ0v) is 18.6. The summed E-state index contributed by atoms with van der Waals surface area (Å²) in [5, 5.41) is 17.2. The Kier molecular flexibility index (Phi) is 8.81. The molecular formula is C20H31N3O5S. The molecule has 0 spiro atoms. The Labute approximate surface area is 174 Å². The van der Waals surface area contributed by atoms with Crippen molar-refractivity contribution >= 4 is 34.4 Å². The third kappa shape index (κ3) is 8.23. The van der Waals surface area contributed by atoms with E-state index in [0.29, 0.717) is 17.0 Å². The maximum absolute atomic E-state index is 12.7. The lowest BCUT2D eigenvalue weighted by molar-refractivity contribution is -0.145. The predicted molar refractivity (Wildman–Crippen MR) is 113 cm³/mol. The van der Waals surface area contributed by atoms with Crippen molar-refractivity contribution < 1.29 is 23.7 Å². The van der Waals surface area contributed by atoms with Gasteiger partial charge in [0.1, 0.15) is 12.1 Å². The Balaban J connectivity index is 2.86. The van der Waals surface area contributed by atoms with Crippen LogP contribution in [0.4, 0.5) is 10.5 Å². The van der Waals surface area contributed by atoms with E-state index in [9.17, 15) is 23.7 Å². The van der Waals surface area contributed by atoms with Crippen LogP contribution in [0.1, 0.15) is 41.0 Å². The van der Waals surface area contributed by atoms with E-state index >= 15 is 0 Å². The number of nitrogens with one attached hydrogen (secondary N) is 3. The first-order valence-corrected chi connectivity index (χ1v) is 10.9. The average molecular weight is 426 g/mol. The highest BCUT2D eigenvalue weighted by Gasteiger charge is 2.34. The zero-order valence-electron chi connectivity index (χ0n) is 17.7. The molecule has 4 N–H and O–H groups in total. The molecule has 0 aliphatic heterocycles. The number of benzene rings is 1. The molecule has 3 amide bonds. The lowest BCUT2D eigenvalue weighted by Crippen LogP contribution is -2.56. The van der Waals surface area contributed by atoms with Gasteiger partial charge in [-0.25, -0.2) is 9.59 Å². The number of carboxylic acid groups (broad SMARTS) is 1. The number of anilines is 1. The number of hydrogen-bond acceptors (Lipinski definition) is 4. The minimum absolute atomic E-state index is 0.0998. The van der Waals surface area contributed by atoms with E-state index in [1.807, 2.05) is 13.8 Å². The van der Waals surface area contributed by atoms with E-state index in [4.69, 9.17) is 0 Å². The Hall–Kier alpha value is -2.42. The lowest BCUT2D eigenvalue weighted by Gasteiger charge is -2.30.